The Labute approximate surface area is 108 Å². The molecule has 1 aliphatic rings. The minimum Gasteiger partial charge on any atom is -0.336 e. The summed E-state index contributed by atoms with van der Waals surface area (Å²) < 4.78 is 0. The molecule has 0 radical (unpaired) electrons. The van der Waals surface area contributed by atoms with Gasteiger partial charge in [-0.05, 0) is 37.8 Å². The lowest BCUT2D eigenvalue weighted by Gasteiger charge is -2.35. The van der Waals surface area contributed by atoms with Gasteiger partial charge >= 0.3 is 0 Å². The van der Waals surface area contributed by atoms with E-state index >= 15 is 0 Å². The molecule has 1 unspecified atom stereocenters. The van der Waals surface area contributed by atoms with Crippen LogP contribution in [0.4, 0.5) is 0 Å². The van der Waals surface area contributed by atoms with Gasteiger partial charge in [-0.3, -0.25) is 9.78 Å². The first-order chi connectivity index (χ1) is 8.76. The number of likely N-dealkylation sites (tertiary alicyclic amines) is 1. The van der Waals surface area contributed by atoms with Gasteiger partial charge in [0.2, 0.25) is 0 Å². The molecule has 1 aliphatic heterocycles. The highest BCUT2D eigenvalue weighted by molar-refractivity contribution is 5.94. The van der Waals surface area contributed by atoms with E-state index in [9.17, 15) is 4.79 Å². The average Bonchev–Trinajstić information content (AvgIpc) is 2.46. The molecule has 1 saturated heterocycles. The summed E-state index contributed by atoms with van der Waals surface area (Å²) >= 11 is 0. The highest BCUT2D eigenvalue weighted by atomic mass is 16.2. The van der Waals surface area contributed by atoms with Gasteiger partial charge in [0.15, 0.2) is 0 Å². The van der Waals surface area contributed by atoms with E-state index in [-0.39, 0.29) is 5.91 Å². The summed E-state index contributed by atoms with van der Waals surface area (Å²) in [5.74, 6) is 0.124. The van der Waals surface area contributed by atoms with Crippen LogP contribution in [0.15, 0.2) is 18.3 Å². The lowest BCUT2D eigenvalue weighted by molar-refractivity contribution is 0.0608. The van der Waals surface area contributed by atoms with Crippen LogP contribution in [0, 0.1) is 0 Å². The van der Waals surface area contributed by atoms with Gasteiger partial charge in [-0.1, -0.05) is 6.92 Å². The third-order valence-electron chi connectivity index (χ3n) is 3.63. The number of hydrogen-bond acceptors (Lipinski definition) is 3. The van der Waals surface area contributed by atoms with Gasteiger partial charge in [0.1, 0.15) is 0 Å². The van der Waals surface area contributed by atoms with Crippen molar-refractivity contribution in [2.45, 2.75) is 45.2 Å². The van der Waals surface area contributed by atoms with Gasteiger partial charge in [0.05, 0.1) is 5.69 Å². The van der Waals surface area contributed by atoms with E-state index in [4.69, 9.17) is 5.73 Å². The van der Waals surface area contributed by atoms with Crippen LogP contribution >= 0.6 is 0 Å². The number of amides is 1. The smallest absolute Gasteiger partial charge is 0.254 e. The molecule has 1 aromatic rings. The van der Waals surface area contributed by atoms with Crippen LogP contribution in [0.5, 0.6) is 0 Å². The Hall–Kier alpha value is -1.42. The van der Waals surface area contributed by atoms with Gasteiger partial charge < -0.3 is 10.6 Å². The molecule has 4 nitrogen and oxygen atoms in total. The summed E-state index contributed by atoms with van der Waals surface area (Å²) in [5, 5.41) is 0. The number of rotatable bonds is 3. The molecule has 1 amide bonds. The molecule has 4 heteroatoms. The zero-order valence-electron chi connectivity index (χ0n) is 10.9. The van der Waals surface area contributed by atoms with Crippen molar-refractivity contribution >= 4 is 5.91 Å². The third-order valence-corrected chi connectivity index (χ3v) is 3.63. The molecule has 98 valence electrons. The minimum atomic E-state index is 0.124. The lowest BCUT2D eigenvalue weighted by Crippen LogP contribution is -2.43. The molecule has 0 spiro atoms. The van der Waals surface area contributed by atoms with E-state index in [1.807, 2.05) is 11.0 Å². The molecular weight excluding hydrogens is 226 g/mol. The predicted molar refractivity (Wildman–Crippen MR) is 71.1 cm³/mol. The van der Waals surface area contributed by atoms with Crippen LogP contribution in [-0.4, -0.2) is 28.4 Å². The number of aromatic nitrogens is 1. The van der Waals surface area contributed by atoms with E-state index in [0.29, 0.717) is 18.2 Å². The normalized spacial score (nSPS) is 19.9. The molecule has 2 N–H and O–H groups in total. The maximum Gasteiger partial charge on any atom is 0.254 e. The van der Waals surface area contributed by atoms with Crippen LogP contribution in [0.3, 0.4) is 0 Å². The summed E-state index contributed by atoms with van der Waals surface area (Å²) in [4.78, 5) is 18.6. The molecule has 0 saturated carbocycles. The predicted octanol–water partition coefficient (Wildman–Crippen LogP) is 1.95. The van der Waals surface area contributed by atoms with E-state index in [1.54, 1.807) is 12.3 Å². The van der Waals surface area contributed by atoms with Crippen LogP contribution in [-0.2, 0) is 6.54 Å². The number of nitrogens with zero attached hydrogens (tertiary/aromatic N) is 2. The number of carbonyl (C=O) groups excluding carboxylic acids is 1. The van der Waals surface area contributed by atoms with E-state index in [0.717, 1.165) is 31.5 Å². The Balaban J connectivity index is 2.18. The van der Waals surface area contributed by atoms with Crippen molar-refractivity contribution in [3.8, 4) is 0 Å². The van der Waals surface area contributed by atoms with E-state index < -0.39 is 0 Å². The second-order valence-electron chi connectivity index (χ2n) is 4.80. The molecule has 1 fully saturated rings. The summed E-state index contributed by atoms with van der Waals surface area (Å²) in [6.07, 6.45) is 6.15. The second kappa shape index (κ2) is 5.96. The van der Waals surface area contributed by atoms with Crippen molar-refractivity contribution in [3.63, 3.8) is 0 Å². The SMILES string of the molecule is CCC1CCCCN1C(=O)c1ccnc(CN)c1. The maximum atomic E-state index is 12.5. The zero-order valence-corrected chi connectivity index (χ0v) is 10.9. The van der Waals surface area contributed by atoms with Gasteiger partial charge in [0, 0.05) is 30.9 Å². The zero-order chi connectivity index (χ0) is 13.0. The molecule has 0 bridgehead atoms. The van der Waals surface area contributed by atoms with E-state index in [1.165, 1.54) is 6.42 Å². The number of piperidine rings is 1. The van der Waals surface area contributed by atoms with E-state index in [2.05, 4.69) is 11.9 Å². The largest absolute Gasteiger partial charge is 0.336 e. The van der Waals surface area contributed by atoms with Crippen LogP contribution < -0.4 is 5.73 Å². The molecule has 2 heterocycles. The Morgan fingerprint density at radius 1 is 1.56 bits per heavy atom. The topological polar surface area (TPSA) is 59.2 Å². The number of pyridine rings is 1. The second-order valence-corrected chi connectivity index (χ2v) is 4.80. The van der Waals surface area contributed by atoms with Crippen molar-refractivity contribution in [1.82, 2.24) is 9.88 Å². The lowest BCUT2D eigenvalue weighted by atomic mass is 9.99. The first-order valence-corrected chi connectivity index (χ1v) is 6.72. The van der Waals surface area contributed by atoms with Gasteiger partial charge in [-0.25, -0.2) is 0 Å². The Bertz CT molecular complexity index is 419. The minimum absolute atomic E-state index is 0.124. The number of hydrogen-bond donors (Lipinski definition) is 1. The Morgan fingerprint density at radius 3 is 3.11 bits per heavy atom. The molecule has 0 aliphatic carbocycles. The average molecular weight is 247 g/mol. The molecule has 18 heavy (non-hydrogen) atoms. The van der Waals surface area contributed by atoms with Crippen molar-refractivity contribution < 1.29 is 4.79 Å². The Kier molecular flexibility index (Phi) is 4.31. The standard InChI is InChI=1S/C14H21N3O/c1-2-13-5-3-4-8-17(13)14(18)11-6-7-16-12(9-11)10-15/h6-7,9,13H,2-5,8,10,15H2,1H3. The first kappa shape index (κ1) is 13.0. The summed E-state index contributed by atoms with van der Waals surface area (Å²) in [6, 6.07) is 3.98. The van der Waals surface area contributed by atoms with Crippen molar-refractivity contribution in [2.75, 3.05) is 6.54 Å². The number of carbonyl (C=O) groups is 1. The molecule has 1 aromatic heterocycles. The first-order valence-electron chi connectivity index (χ1n) is 6.72. The van der Waals surface area contributed by atoms with Crippen molar-refractivity contribution in [3.05, 3.63) is 29.6 Å². The Morgan fingerprint density at radius 2 is 2.39 bits per heavy atom. The summed E-state index contributed by atoms with van der Waals surface area (Å²) in [6.45, 7) is 3.39. The third kappa shape index (κ3) is 2.70. The summed E-state index contributed by atoms with van der Waals surface area (Å²) in [7, 11) is 0. The number of nitrogens with two attached hydrogens (primary N) is 1. The van der Waals surface area contributed by atoms with Crippen molar-refractivity contribution in [1.29, 1.82) is 0 Å². The molecule has 2 rings (SSSR count). The molecule has 1 atom stereocenters. The van der Waals surface area contributed by atoms with Crippen molar-refractivity contribution in [2.24, 2.45) is 5.73 Å². The highest BCUT2D eigenvalue weighted by Gasteiger charge is 2.26. The maximum absolute atomic E-state index is 12.5. The van der Waals surface area contributed by atoms with Crippen LogP contribution in [0.2, 0.25) is 0 Å². The fourth-order valence-electron chi connectivity index (χ4n) is 2.58. The van der Waals surface area contributed by atoms with Gasteiger partial charge in [0.25, 0.3) is 5.91 Å². The molecule has 0 aromatic carbocycles. The summed E-state index contributed by atoms with van der Waals surface area (Å²) in [5.41, 5.74) is 7.05. The monoisotopic (exact) mass is 247 g/mol. The van der Waals surface area contributed by atoms with Crippen LogP contribution in [0.1, 0.15) is 48.7 Å². The van der Waals surface area contributed by atoms with Gasteiger partial charge in [-0.2, -0.15) is 0 Å². The van der Waals surface area contributed by atoms with Crippen LogP contribution in [0.25, 0.3) is 0 Å². The van der Waals surface area contributed by atoms with Gasteiger partial charge in [-0.15, -0.1) is 0 Å². The highest BCUT2D eigenvalue weighted by Crippen LogP contribution is 2.21. The quantitative estimate of drug-likeness (QED) is 0.888. The fourth-order valence-corrected chi connectivity index (χ4v) is 2.58. The fraction of sp³-hybridized carbons (Fsp3) is 0.571. The molecular formula is C14H21N3O.